The van der Waals surface area contributed by atoms with E-state index in [1.54, 1.807) is 0 Å². The number of rotatable bonds is 6. The van der Waals surface area contributed by atoms with Gasteiger partial charge in [-0.1, -0.05) is 12.8 Å². The minimum Gasteiger partial charge on any atom is -0.480 e. The Bertz CT molecular complexity index is 1090. The highest BCUT2D eigenvalue weighted by Gasteiger charge is 2.26. The number of aliphatic carboxylic acids is 1. The number of carbonyl (C=O) groups is 2. The van der Waals surface area contributed by atoms with Gasteiger partial charge in [-0.05, 0) is 43.5 Å². The summed E-state index contributed by atoms with van der Waals surface area (Å²) < 4.78 is 0. The second-order valence-corrected chi connectivity index (χ2v) is 9.59. The Balaban J connectivity index is 1.34. The molecule has 1 amide bonds. The summed E-state index contributed by atoms with van der Waals surface area (Å²) in [6, 6.07) is 8.10. The second kappa shape index (κ2) is 11.1. The van der Waals surface area contributed by atoms with Crippen molar-refractivity contribution < 1.29 is 14.7 Å². The molecule has 4 heterocycles. The van der Waals surface area contributed by atoms with Crippen molar-refractivity contribution in [2.45, 2.75) is 38.6 Å². The molecule has 0 saturated carbocycles. The van der Waals surface area contributed by atoms with Crippen LogP contribution in [0.15, 0.2) is 24.3 Å². The van der Waals surface area contributed by atoms with E-state index < -0.39 is 5.97 Å². The zero-order chi connectivity index (χ0) is 24.9. The summed E-state index contributed by atoms with van der Waals surface area (Å²) in [5, 5.41) is 12.5. The Morgan fingerprint density at radius 1 is 0.917 bits per heavy atom. The lowest BCUT2D eigenvalue weighted by Crippen LogP contribution is -2.43. The van der Waals surface area contributed by atoms with E-state index in [9.17, 15) is 9.59 Å². The number of hydrogen-bond acceptors (Lipinski definition) is 9. The molecule has 11 heteroatoms. The minimum absolute atomic E-state index is 0.0858. The summed E-state index contributed by atoms with van der Waals surface area (Å²) >= 11 is 0. The van der Waals surface area contributed by atoms with Crippen molar-refractivity contribution in [3.63, 3.8) is 0 Å². The predicted molar refractivity (Wildman–Crippen MR) is 138 cm³/mol. The molecule has 0 radical (unpaired) electrons. The van der Waals surface area contributed by atoms with Crippen LogP contribution in [0.2, 0.25) is 0 Å². The standard InChI is InChI=1S/C25H34N8O3/c34-21(35)17-31-10-5-13-32(15-14-31)19-8-6-18(7-9-19)27-23-22-20(16-26-30-24(22)36)28-25(29-23)33-11-3-1-2-4-12-33/h6-9,26H,1-5,10-17H2,(H,30,36)(H,34,35)(H,27,28,29). The van der Waals surface area contributed by atoms with Crippen LogP contribution in [0.25, 0.3) is 0 Å². The maximum absolute atomic E-state index is 12.7. The fraction of sp³-hybridized carbons (Fsp3) is 0.520. The molecule has 3 aliphatic heterocycles. The predicted octanol–water partition coefficient (Wildman–Crippen LogP) is 1.95. The van der Waals surface area contributed by atoms with E-state index in [4.69, 9.17) is 15.1 Å². The lowest BCUT2D eigenvalue weighted by molar-refractivity contribution is -0.138. The molecule has 36 heavy (non-hydrogen) atoms. The highest BCUT2D eigenvalue weighted by Crippen LogP contribution is 2.28. The first kappa shape index (κ1) is 24.3. The molecule has 0 aliphatic carbocycles. The first-order valence-electron chi connectivity index (χ1n) is 12.8. The number of aromatic nitrogens is 2. The topological polar surface area (TPSA) is 126 Å². The number of anilines is 4. The molecule has 0 atom stereocenters. The zero-order valence-corrected chi connectivity index (χ0v) is 20.5. The van der Waals surface area contributed by atoms with E-state index in [0.29, 0.717) is 29.6 Å². The normalized spacial score (nSPS) is 19.2. The fourth-order valence-electron chi connectivity index (χ4n) is 5.10. The van der Waals surface area contributed by atoms with Crippen LogP contribution >= 0.6 is 0 Å². The number of amides is 1. The first-order valence-corrected chi connectivity index (χ1v) is 12.8. The van der Waals surface area contributed by atoms with Crippen molar-refractivity contribution in [1.29, 1.82) is 0 Å². The quantitative estimate of drug-likeness (QED) is 0.473. The zero-order valence-electron chi connectivity index (χ0n) is 20.5. The number of hydrazine groups is 1. The van der Waals surface area contributed by atoms with E-state index in [-0.39, 0.29) is 12.5 Å². The van der Waals surface area contributed by atoms with Gasteiger partial charge in [0.2, 0.25) is 5.95 Å². The SMILES string of the molecule is O=C(O)CN1CCCN(c2ccc(Nc3nc(N4CCCCCC4)nc4c3C(=O)NNC4)cc2)CC1. The average molecular weight is 495 g/mol. The molecule has 192 valence electrons. The van der Waals surface area contributed by atoms with Gasteiger partial charge >= 0.3 is 5.97 Å². The third kappa shape index (κ3) is 5.68. The first-order chi connectivity index (χ1) is 17.6. The number of benzene rings is 1. The molecule has 1 aromatic heterocycles. The third-order valence-corrected chi connectivity index (χ3v) is 6.99. The van der Waals surface area contributed by atoms with Crippen LogP contribution in [0.3, 0.4) is 0 Å². The number of carboxylic acids is 1. The van der Waals surface area contributed by atoms with Crippen molar-refractivity contribution in [3.05, 3.63) is 35.5 Å². The number of nitrogens with one attached hydrogen (secondary N) is 3. The van der Waals surface area contributed by atoms with Gasteiger partial charge in [-0.2, -0.15) is 4.98 Å². The molecule has 5 rings (SSSR count). The second-order valence-electron chi connectivity index (χ2n) is 9.59. The van der Waals surface area contributed by atoms with Crippen molar-refractivity contribution in [1.82, 2.24) is 25.7 Å². The number of fused-ring (bicyclic) bond motifs is 1. The third-order valence-electron chi connectivity index (χ3n) is 6.99. The van der Waals surface area contributed by atoms with Gasteiger partial charge in [-0.25, -0.2) is 10.4 Å². The number of nitrogens with zero attached hydrogens (tertiary/aromatic N) is 5. The van der Waals surface area contributed by atoms with Crippen LogP contribution in [0.4, 0.5) is 23.1 Å². The highest BCUT2D eigenvalue weighted by molar-refractivity contribution is 6.01. The number of carbonyl (C=O) groups excluding carboxylic acids is 1. The minimum atomic E-state index is -0.783. The maximum atomic E-state index is 12.7. The molecule has 0 spiro atoms. The van der Waals surface area contributed by atoms with Crippen LogP contribution in [0.5, 0.6) is 0 Å². The van der Waals surface area contributed by atoms with E-state index >= 15 is 0 Å². The van der Waals surface area contributed by atoms with Gasteiger partial charge in [0, 0.05) is 50.6 Å². The van der Waals surface area contributed by atoms with Gasteiger partial charge in [0.05, 0.1) is 18.8 Å². The molecule has 0 bridgehead atoms. The molecule has 4 N–H and O–H groups in total. The highest BCUT2D eigenvalue weighted by atomic mass is 16.4. The Hall–Kier alpha value is -3.44. The molecule has 11 nitrogen and oxygen atoms in total. The Morgan fingerprint density at radius 3 is 2.42 bits per heavy atom. The summed E-state index contributed by atoms with van der Waals surface area (Å²) in [7, 11) is 0. The van der Waals surface area contributed by atoms with E-state index in [0.717, 1.165) is 69.9 Å². The Morgan fingerprint density at radius 2 is 1.67 bits per heavy atom. The summed E-state index contributed by atoms with van der Waals surface area (Å²) in [4.78, 5) is 39.8. The van der Waals surface area contributed by atoms with Crippen LogP contribution in [-0.4, -0.2) is 77.7 Å². The average Bonchev–Trinajstić information content (AvgIpc) is 3.28. The molecule has 2 aromatic rings. The van der Waals surface area contributed by atoms with Gasteiger partial charge < -0.3 is 20.2 Å². The largest absolute Gasteiger partial charge is 0.480 e. The van der Waals surface area contributed by atoms with Crippen molar-refractivity contribution >= 4 is 35.0 Å². The van der Waals surface area contributed by atoms with Crippen molar-refractivity contribution in [2.75, 3.05) is 60.9 Å². The summed E-state index contributed by atoms with van der Waals surface area (Å²) in [6.07, 6.45) is 5.60. The van der Waals surface area contributed by atoms with E-state index in [1.807, 2.05) is 17.0 Å². The van der Waals surface area contributed by atoms with Gasteiger partial charge in [0.15, 0.2) is 0 Å². The van der Waals surface area contributed by atoms with Crippen LogP contribution < -0.4 is 26.0 Å². The molecule has 2 saturated heterocycles. The summed E-state index contributed by atoms with van der Waals surface area (Å²) in [6.45, 7) is 5.56. The van der Waals surface area contributed by atoms with Crippen LogP contribution in [-0.2, 0) is 11.3 Å². The maximum Gasteiger partial charge on any atom is 0.317 e. The van der Waals surface area contributed by atoms with Gasteiger partial charge in [-0.15, -0.1) is 0 Å². The summed E-state index contributed by atoms with van der Waals surface area (Å²) in [5.41, 5.74) is 8.69. The fourth-order valence-corrected chi connectivity index (χ4v) is 5.10. The van der Waals surface area contributed by atoms with Gasteiger partial charge in [0.1, 0.15) is 11.4 Å². The molecule has 3 aliphatic rings. The van der Waals surface area contributed by atoms with Crippen molar-refractivity contribution in [2.24, 2.45) is 0 Å². The number of hydrogen-bond donors (Lipinski definition) is 4. The molecule has 0 unspecified atom stereocenters. The van der Waals surface area contributed by atoms with Crippen molar-refractivity contribution in [3.8, 4) is 0 Å². The Kier molecular flexibility index (Phi) is 7.47. The number of carboxylic acid groups (broad SMARTS) is 1. The van der Waals surface area contributed by atoms with Crippen LogP contribution in [0.1, 0.15) is 48.2 Å². The molecular formula is C25H34N8O3. The molecular weight excluding hydrogens is 460 g/mol. The van der Waals surface area contributed by atoms with Gasteiger partial charge in [0.25, 0.3) is 5.91 Å². The smallest absolute Gasteiger partial charge is 0.317 e. The van der Waals surface area contributed by atoms with Crippen LogP contribution in [0, 0.1) is 0 Å². The van der Waals surface area contributed by atoms with E-state index in [1.165, 1.54) is 12.8 Å². The molecule has 1 aromatic carbocycles. The van der Waals surface area contributed by atoms with E-state index in [2.05, 4.69) is 38.1 Å². The Labute approximate surface area is 210 Å². The lowest BCUT2D eigenvalue weighted by Gasteiger charge is -2.26. The summed E-state index contributed by atoms with van der Waals surface area (Å²) in [5.74, 6) is 0.161. The van der Waals surface area contributed by atoms with Gasteiger partial charge in [-0.3, -0.25) is 19.9 Å². The lowest BCUT2D eigenvalue weighted by atomic mass is 10.1. The molecule has 2 fully saturated rings. The monoisotopic (exact) mass is 494 g/mol.